The van der Waals surface area contributed by atoms with E-state index in [0.29, 0.717) is 16.5 Å². The third-order valence-electron chi connectivity index (χ3n) is 1.66. The van der Waals surface area contributed by atoms with Crippen molar-refractivity contribution in [2.75, 3.05) is 5.88 Å². The molecule has 13 heavy (non-hydrogen) atoms. The molecule has 0 N–H and O–H groups in total. The van der Waals surface area contributed by atoms with Crippen LogP contribution >= 0.6 is 23.2 Å². The zero-order valence-electron chi connectivity index (χ0n) is 7.15. The van der Waals surface area contributed by atoms with Crippen molar-refractivity contribution < 1.29 is 4.39 Å². The summed E-state index contributed by atoms with van der Waals surface area (Å²) in [5, 5.41) is 0.445. The molecule has 70 valence electrons. The largest absolute Gasteiger partial charge is 0.206 e. The Balaban J connectivity index is 3.08. The summed E-state index contributed by atoms with van der Waals surface area (Å²) in [5.41, 5.74) is 1.37. The monoisotopic (exact) mass is 218 g/mol. The highest BCUT2D eigenvalue weighted by Crippen LogP contribution is 2.20. The molecule has 0 amide bonds. The van der Waals surface area contributed by atoms with E-state index in [1.165, 1.54) is 6.07 Å². The SMILES string of the molecule is Cc1cc(C=CCCl)c(F)cc1Cl. The first-order chi connectivity index (χ1) is 6.15. The molecule has 3 heteroatoms. The fourth-order valence-corrected chi connectivity index (χ4v) is 1.22. The van der Waals surface area contributed by atoms with E-state index in [1.54, 1.807) is 18.2 Å². The van der Waals surface area contributed by atoms with Crippen LogP contribution in [0.2, 0.25) is 5.02 Å². The molecule has 0 spiro atoms. The standard InChI is InChI=1S/C10H9Cl2F/c1-7-5-8(3-2-4-11)10(13)6-9(7)12/h2-3,5-6H,4H2,1H3. The van der Waals surface area contributed by atoms with Gasteiger partial charge in [0, 0.05) is 16.5 Å². The molecular weight excluding hydrogens is 210 g/mol. The quantitative estimate of drug-likeness (QED) is 0.658. The van der Waals surface area contributed by atoms with Gasteiger partial charge in [0.25, 0.3) is 0 Å². The average molecular weight is 219 g/mol. The van der Waals surface area contributed by atoms with Crippen molar-refractivity contribution in [3.05, 3.63) is 40.2 Å². The molecule has 0 aliphatic rings. The molecule has 0 heterocycles. The first-order valence-electron chi connectivity index (χ1n) is 3.83. The van der Waals surface area contributed by atoms with Crippen LogP contribution in [0.25, 0.3) is 6.08 Å². The maximum atomic E-state index is 13.2. The first kappa shape index (κ1) is 10.6. The van der Waals surface area contributed by atoms with Crippen LogP contribution in [0.1, 0.15) is 11.1 Å². The normalized spacial score (nSPS) is 11.1. The number of halogens is 3. The van der Waals surface area contributed by atoms with E-state index in [9.17, 15) is 4.39 Å². The summed E-state index contributed by atoms with van der Waals surface area (Å²) >= 11 is 11.2. The van der Waals surface area contributed by atoms with Crippen molar-refractivity contribution in [2.45, 2.75) is 6.92 Å². The minimum atomic E-state index is -0.322. The van der Waals surface area contributed by atoms with Crippen LogP contribution in [0.4, 0.5) is 4.39 Å². The lowest BCUT2D eigenvalue weighted by Crippen LogP contribution is -1.85. The highest BCUT2D eigenvalue weighted by atomic mass is 35.5. The molecule has 0 saturated heterocycles. The van der Waals surface area contributed by atoms with E-state index in [1.807, 2.05) is 6.92 Å². The van der Waals surface area contributed by atoms with Gasteiger partial charge in [0.05, 0.1) is 0 Å². The summed E-state index contributed by atoms with van der Waals surface area (Å²) in [6.45, 7) is 1.83. The zero-order chi connectivity index (χ0) is 9.84. The van der Waals surface area contributed by atoms with Gasteiger partial charge in [0.2, 0.25) is 0 Å². The number of aryl methyl sites for hydroxylation is 1. The predicted octanol–water partition coefficient (Wildman–Crippen LogP) is 4.04. The highest BCUT2D eigenvalue weighted by Gasteiger charge is 2.02. The Labute approximate surface area is 87.0 Å². The van der Waals surface area contributed by atoms with Crippen LogP contribution in [0.15, 0.2) is 18.2 Å². The van der Waals surface area contributed by atoms with Gasteiger partial charge in [-0.2, -0.15) is 0 Å². The van der Waals surface area contributed by atoms with Gasteiger partial charge in [0.15, 0.2) is 0 Å². The third kappa shape index (κ3) is 2.71. The lowest BCUT2D eigenvalue weighted by Gasteiger charge is -2.01. The summed E-state index contributed by atoms with van der Waals surface area (Å²) in [5.74, 6) is 0.0539. The fourth-order valence-electron chi connectivity index (χ4n) is 0.979. The highest BCUT2D eigenvalue weighted by molar-refractivity contribution is 6.31. The molecule has 0 aromatic heterocycles. The zero-order valence-corrected chi connectivity index (χ0v) is 8.66. The smallest absolute Gasteiger partial charge is 0.131 e. The Morgan fingerprint density at radius 1 is 1.46 bits per heavy atom. The van der Waals surface area contributed by atoms with E-state index < -0.39 is 0 Å². The van der Waals surface area contributed by atoms with Crippen molar-refractivity contribution in [2.24, 2.45) is 0 Å². The summed E-state index contributed by atoms with van der Waals surface area (Å²) in [7, 11) is 0. The third-order valence-corrected chi connectivity index (χ3v) is 2.25. The van der Waals surface area contributed by atoms with Crippen molar-refractivity contribution in [1.29, 1.82) is 0 Å². The van der Waals surface area contributed by atoms with Crippen molar-refractivity contribution in [3.63, 3.8) is 0 Å². The summed E-state index contributed by atoms with van der Waals surface area (Å²) in [6, 6.07) is 3.01. The maximum absolute atomic E-state index is 13.2. The number of hydrogen-bond acceptors (Lipinski definition) is 0. The first-order valence-corrected chi connectivity index (χ1v) is 4.74. The van der Waals surface area contributed by atoms with E-state index in [0.717, 1.165) is 5.56 Å². The average Bonchev–Trinajstić information content (AvgIpc) is 2.09. The van der Waals surface area contributed by atoms with Gasteiger partial charge in [-0.1, -0.05) is 23.8 Å². The topological polar surface area (TPSA) is 0 Å². The second-order valence-electron chi connectivity index (χ2n) is 2.68. The van der Waals surface area contributed by atoms with Crippen LogP contribution in [0.5, 0.6) is 0 Å². The molecular formula is C10H9Cl2F. The molecule has 1 aromatic carbocycles. The Hall–Kier alpha value is -0.530. The van der Waals surface area contributed by atoms with Gasteiger partial charge < -0.3 is 0 Å². The molecule has 0 aliphatic carbocycles. The van der Waals surface area contributed by atoms with Gasteiger partial charge >= 0.3 is 0 Å². The fraction of sp³-hybridized carbons (Fsp3) is 0.200. The van der Waals surface area contributed by atoms with Crippen LogP contribution in [-0.2, 0) is 0 Å². The Morgan fingerprint density at radius 3 is 2.77 bits per heavy atom. The van der Waals surface area contributed by atoms with Gasteiger partial charge in [0.1, 0.15) is 5.82 Å². The molecule has 0 aliphatic heterocycles. The van der Waals surface area contributed by atoms with Crippen LogP contribution in [0, 0.1) is 12.7 Å². The van der Waals surface area contributed by atoms with Crippen molar-refractivity contribution in [1.82, 2.24) is 0 Å². The van der Waals surface area contributed by atoms with Crippen LogP contribution < -0.4 is 0 Å². The van der Waals surface area contributed by atoms with Crippen LogP contribution in [0.3, 0.4) is 0 Å². The molecule has 1 rings (SSSR count). The minimum absolute atomic E-state index is 0.322. The van der Waals surface area contributed by atoms with Gasteiger partial charge in [-0.3, -0.25) is 0 Å². The van der Waals surface area contributed by atoms with E-state index >= 15 is 0 Å². The molecule has 0 nitrogen and oxygen atoms in total. The van der Waals surface area contributed by atoms with E-state index in [2.05, 4.69) is 0 Å². The number of benzene rings is 1. The molecule has 0 saturated carbocycles. The number of alkyl halides is 1. The molecule has 0 bridgehead atoms. The van der Waals surface area contributed by atoms with E-state index in [4.69, 9.17) is 23.2 Å². The lowest BCUT2D eigenvalue weighted by molar-refractivity contribution is 0.624. The Bertz CT molecular complexity index is 332. The minimum Gasteiger partial charge on any atom is -0.206 e. The summed E-state index contributed by atoms with van der Waals surface area (Å²) in [4.78, 5) is 0. The molecule has 0 fully saturated rings. The van der Waals surface area contributed by atoms with Crippen molar-refractivity contribution >= 4 is 29.3 Å². The van der Waals surface area contributed by atoms with Gasteiger partial charge in [-0.05, 0) is 24.6 Å². The lowest BCUT2D eigenvalue weighted by atomic mass is 10.1. The Kier molecular flexibility index (Phi) is 3.76. The van der Waals surface area contributed by atoms with Crippen molar-refractivity contribution in [3.8, 4) is 0 Å². The Morgan fingerprint density at radius 2 is 2.15 bits per heavy atom. The number of hydrogen-bond donors (Lipinski definition) is 0. The molecule has 0 radical (unpaired) electrons. The summed E-state index contributed by atoms with van der Waals surface area (Å²) < 4.78 is 13.2. The number of allylic oxidation sites excluding steroid dienone is 1. The van der Waals surface area contributed by atoms with Gasteiger partial charge in [-0.15, -0.1) is 11.6 Å². The second-order valence-corrected chi connectivity index (χ2v) is 3.40. The maximum Gasteiger partial charge on any atom is 0.131 e. The van der Waals surface area contributed by atoms with Crippen LogP contribution in [-0.4, -0.2) is 5.88 Å². The second kappa shape index (κ2) is 4.64. The predicted molar refractivity (Wildman–Crippen MR) is 55.9 cm³/mol. The number of rotatable bonds is 2. The molecule has 0 atom stereocenters. The van der Waals surface area contributed by atoms with Gasteiger partial charge in [-0.25, -0.2) is 4.39 Å². The molecule has 1 aromatic rings. The molecule has 0 unspecified atom stereocenters. The van der Waals surface area contributed by atoms with E-state index in [-0.39, 0.29) is 5.82 Å². The summed E-state index contributed by atoms with van der Waals surface area (Å²) in [6.07, 6.45) is 3.33.